The van der Waals surface area contributed by atoms with E-state index in [1.807, 2.05) is 4.90 Å². The highest BCUT2D eigenvalue weighted by molar-refractivity contribution is 6.39. The standard InChI is InChI=1S/C21H22Cl3N3O2/c22-16-5-1-4-15(14-16)21(29)27-10-3-9-26(12-13-27)11-8-19(28)25-20-17(23)6-2-7-18(20)24/h1-2,4-7,14H,3,8-13H2,(H,25,28). The molecule has 2 aromatic carbocycles. The van der Waals surface area contributed by atoms with Crippen LogP contribution in [0.5, 0.6) is 0 Å². The van der Waals surface area contributed by atoms with Gasteiger partial charge in [0.05, 0.1) is 15.7 Å². The Bertz CT molecular complexity index is 871. The van der Waals surface area contributed by atoms with Crippen molar-refractivity contribution >= 4 is 52.3 Å². The van der Waals surface area contributed by atoms with Gasteiger partial charge in [-0.3, -0.25) is 9.59 Å². The number of carbonyl (C=O) groups is 2. The Hall–Kier alpha value is -1.79. The van der Waals surface area contributed by atoms with Gasteiger partial charge in [-0.25, -0.2) is 0 Å². The van der Waals surface area contributed by atoms with E-state index in [2.05, 4.69) is 10.2 Å². The molecule has 8 heteroatoms. The first kappa shape index (κ1) is 21.9. The molecule has 1 heterocycles. The Labute approximate surface area is 185 Å². The van der Waals surface area contributed by atoms with Crippen molar-refractivity contribution in [3.63, 3.8) is 0 Å². The number of amides is 2. The normalized spacial score (nSPS) is 15.1. The lowest BCUT2D eigenvalue weighted by molar-refractivity contribution is -0.116. The van der Waals surface area contributed by atoms with E-state index >= 15 is 0 Å². The highest BCUT2D eigenvalue weighted by Crippen LogP contribution is 2.29. The lowest BCUT2D eigenvalue weighted by Crippen LogP contribution is -2.36. The molecule has 0 aromatic heterocycles. The SMILES string of the molecule is O=C(CCN1CCCN(C(=O)c2cccc(Cl)c2)CC1)Nc1c(Cl)cccc1Cl. The summed E-state index contributed by atoms with van der Waals surface area (Å²) in [5.41, 5.74) is 1.04. The lowest BCUT2D eigenvalue weighted by atomic mass is 10.2. The van der Waals surface area contributed by atoms with Crippen LogP contribution in [-0.4, -0.2) is 54.3 Å². The predicted octanol–water partition coefficient (Wildman–Crippen LogP) is 4.82. The Morgan fingerprint density at radius 2 is 1.66 bits per heavy atom. The van der Waals surface area contributed by atoms with Gasteiger partial charge in [0.1, 0.15) is 0 Å². The summed E-state index contributed by atoms with van der Waals surface area (Å²) in [6.45, 7) is 3.45. The van der Waals surface area contributed by atoms with Gasteiger partial charge in [0.2, 0.25) is 5.91 Å². The molecule has 1 saturated heterocycles. The average Bonchev–Trinajstić information content (AvgIpc) is 2.94. The second-order valence-electron chi connectivity index (χ2n) is 6.89. The minimum atomic E-state index is -0.142. The van der Waals surface area contributed by atoms with Crippen molar-refractivity contribution in [3.05, 3.63) is 63.1 Å². The van der Waals surface area contributed by atoms with E-state index in [1.54, 1.807) is 42.5 Å². The first-order chi connectivity index (χ1) is 13.9. The topological polar surface area (TPSA) is 52.7 Å². The van der Waals surface area contributed by atoms with Crippen LogP contribution >= 0.6 is 34.8 Å². The van der Waals surface area contributed by atoms with Crippen molar-refractivity contribution in [1.82, 2.24) is 9.80 Å². The van der Waals surface area contributed by atoms with Crippen LogP contribution in [-0.2, 0) is 4.79 Å². The summed E-state index contributed by atoms with van der Waals surface area (Å²) >= 11 is 18.2. The summed E-state index contributed by atoms with van der Waals surface area (Å²) in [6.07, 6.45) is 1.17. The monoisotopic (exact) mass is 453 g/mol. The number of rotatable bonds is 5. The summed E-state index contributed by atoms with van der Waals surface area (Å²) in [5.74, 6) is -0.156. The maximum Gasteiger partial charge on any atom is 0.253 e. The molecule has 3 rings (SSSR count). The Morgan fingerprint density at radius 3 is 2.38 bits per heavy atom. The molecule has 0 saturated carbocycles. The van der Waals surface area contributed by atoms with E-state index in [4.69, 9.17) is 34.8 Å². The number of carbonyl (C=O) groups excluding carboxylic acids is 2. The molecular formula is C21H22Cl3N3O2. The predicted molar refractivity (Wildman–Crippen MR) is 118 cm³/mol. The second-order valence-corrected chi connectivity index (χ2v) is 8.14. The van der Waals surface area contributed by atoms with Crippen LogP contribution in [0.2, 0.25) is 15.1 Å². The molecule has 5 nitrogen and oxygen atoms in total. The summed E-state index contributed by atoms with van der Waals surface area (Å²) < 4.78 is 0. The molecule has 29 heavy (non-hydrogen) atoms. The molecular weight excluding hydrogens is 433 g/mol. The number of nitrogens with one attached hydrogen (secondary N) is 1. The molecule has 0 unspecified atom stereocenters. The van der Waals surface area contributed by atoms with Crippen LogP contribution in [0.15, 0.2) is 42.5 Å². The molecule has 0 radical (unpaired) electrons. The molecule has 1 aliphatic heterocycles. The zero-order chi connectivity index (χ0) is 20.8. The zero-order valence-corrected chi connectivity index (χ0v) is 18.1. The quantitative estimate of drug-likeness (QED) is 0.704. The van der Waals surface area contributed by atoms with E-state index in [-0.39, 0.29) is 11.8 Å². The average molecular weight is 455 g/mol. The van der Waals surface area contributed by atoms with Gasteiger partial charge >= 0.3 is 0 Å². The van der Waals surface area contributed by atoms with Crippen molar-refractivity contribution in [1.29, 1.82) is 0 Å². The fraction of sp³-hybridized carbons (Fsp3) is 0.333. The van der Waals surface area contributed by atoms with Crippen molar-refractivity contribution in [2.24, 2.45) is 0 Å². The number of hydrogen-bond donors (Lipinski definition) is 1. The summed E-state index contributed by atoms with van der Waals surface area (Å²) in [5, 5.41) is 4.16. The third-order valence-electron chi connectivity index (χ3n) is 4.83. The molecule has 1 fully saturated rings. The molecule has 0 aliphatic carbocycles. The van der Waals surface area contributed by atoms with Gasteiger partial charge in [0.25, 0.3) is 5.91 Å². The Kier molecular flexibility index (Phi) is 7.78. The summed E-state index contributed by atoms with van der Waals surface area (Å²) in [7, 11) is 0. The first-order valence-electron chi connectivity index (χ1n) is 9.45. The molecule has 2 amide bonds. The van der Waals surface area contributed by atoms with Crippen molar-refractivity contribution in [2.75, 3.05) is 38.0 Å². The number of hydrogen-bond acceptors (Lipinski definition) is 3. The molecule has 0 spiro atoms. The minimum Gasteiger partial charge on any atom is -0.337 e. The van der Waals surface area contributed by atoms with Gasteiger partial charge in [-0.2, -0.15) is 0 Å². The van der Waals surface area contributed by atoms with Crippen LogP contribution in [0.3, 0.4) is 0 Å². The molecule has 1 N–H and O–H groups in total. The van der Waals surface area contributed by atoms with Crippen molar-refractivity contribution < 1.29 is 9.59 Å². The second kappa shape index (κ2) is 10.3. The summed E-state index contributed by atoms with van der Waals surface area (Å²) in [4.78, 5) is 29.0. The zero-order valence-electron chi connectivity index (χ0n) is 15.8. The van der Waals surface area contributed by atoms with Gasteiger partial charge in [-0.15, -0.1) is 0 Å². The largest absolute Gasteiger partial charge is 0.337 e. The Morgan fingerprint density at radius 1 is 0.931 bits per heavy atom. The first-order valence-corrected chi connectivity index (χ1v) is 10.6. The van der Waals surface area contributed by atoms with E-state index in [0.717, 1.165) is 13.0 Å². The fourth-order valence-corrected chi connectivity index (χ4v) is 3.96. The smallest absolute Gasteiger partial charge is 0.253 e. The number of anilines is 1. The van der Waals surface area contributed by atoms with Gasteiger partial charge in [-0.1, -0.05) is 46.9 Å². The number of para-hydroxylation sites is 1. The molecule has 0 bridgehead atoms. The van der Waals surface area contributed by atoms with Crippen LogP contribution in [0.1, 0.15) is 23.2 Å². The third kappa shape index (κ3) is 6.09. The lowest BCUT2D eigenvalue weighted by Gasteiger charge is -2.22. The van der Waals surface area contributed by atoms with Gasteiger partial charge in [0, 0.05) is 43.2 Å². The molecule has 0 atom stereocenters. The molecule has 2 aromatic rings. The van der Waals surface area contributed by atoms with Crippen molar-refractivity contribution in [2.45, 2.75) is 12.8 Å². The highest BCUT2D eigenvalue weighted by atomic mass is 35.5. The highest BCUT2D eigenvalue weighted by Gasteiger charge is 2.21. The van der Waals surface area contributed by atoms with E-state index in [0.29, 0.717) is 58.9 Å². The van der Waals surface area contributed by atoms with Crippen LogP contribution in [0.25, 0.3) is 0 Å². The fourth-order valence-electron chi connectivity index (χ4n) is 3.28. The number of nitrogens with zero attached hydrogens (tertiary/aromatic N) is 2. The van der Waals surface area contributed by atoms with Crippen LogP contribution in [0, 0.1) is 0 Å². The van der Waals surface area contributed by atoms with E-state index in [1.165, 1.54) is 0 Å². The maximum absolute atomic E-state index is 12.7. The minimum absolute atomic E-state index is 0.0135. The number of benzene rings is 2. The Balaban J connectivity index is 1.50. The van der Waals surface area contributed by atoms with Crippen LogP contribution < -0.4 is 5.32 Å². The van der Waals surface area contributed by atoms with E-state index < -0.39 is 0 Å². The van der Waals surface area contributed by atoms with Gasteiger partial charge in [-0.05, 0) is 43.3 Å². The van der Waals surface area contributed by atoms with E-state index in [9.17, 15) is 9.59 Å². The van der Waals surface area contributed by atoms with Gasteiger partial charge in [0.15, 0.2) is 0 Å². The van der Waals surface area contributed by atoms with Crippen molar-refractivity contribution in [3.8, 4) is 0 Å². The maximum atomic E-state index is 12.7. The van der Waals surface area contributed by atoms with Gasteiger partial charge < -0.3 is 15.1 Å². The number of halogens is 3. The molecule has 154 valence electrons. The summed E-state index contributed by atoms with van der Waals surface area (Å²) in [6, 6.07) is 12.1. The molecule has 1 aliphatic rings. The third-order valence-corrected chi connectivity index (χ3v) is 5.69. The van der Waals surface area contributed by atoms with Crippen LogP contribution in [0.4, 0.5) is 5.69 Å².